The van der Waals surface area contributed by atoms with Crippen LogP contribution in [0.2, 0.25) is 0 Å². The largest absolute Gasteiger partial charge is 0.396 e. The van der Waals surface area contributed by atoms with E-state index in [1.54, 1.807) is 11.6 Å². The fourth-order valence-electron chi connectivity index (χ4n) is 5.74. The quantitative estimate of drug-likeness (QED) is 0.391. The molecule has 7 heteroatoms. The average molecular weight is 494 g/mol. The molecule has 3 N–H and O–H groups in total. The van der Waals surface area contributed by atoms with Crippen LogP contribution in [0.4, 0.5) is 0 Å². The van der Waals surface area contributed by atoms with Gasteiger partial charge < -0.3 is 10.8 Å². The van der Waals surface area contributed by atoms with Crippen LogP contribution in [0.3, 0.4) is 0 Å². The molecule has 188 valence electrons. The molecule has 0 unspecified atom stereocenters. The van der Waals surface area contributed by atoms with Gasteiger partial charge in [-0.25, -0.2) is 9.67 Å². The lowest BCUT2D eigenvalue weighted by atomic mass is 9.99. The van der Waals surface area contributed by atoms with Crippen LogP contribution in [-0.4, -0.2) is 50.4 Å². The Morgan fingerprint density at radius 1 is 0.892 bits per heavy atom. The molecule has 6 rings (SSSR count). The van der Waals surface area contributed by atoms with E-state index in [2.05, 4.69) is 75.6 Å². The van der Waals surface area contributed by atoms with Gasteiger partial charge in [-0.05, 0) is 71.0 Å². The monoisotopic (exact) mass is 493 g/mol. The maximum atomic E-state index is 11.4. The standard InChI is InChI=1S/C30H31N5O2/c1-19-32-30(29(31)37)33-35(19)25-12-6-21(7-13-25)14-20-2-8-23(9-3-20)24-10-4-22(5-11-24)15-34-16-26-27(17-34)28(26)18-36/h2-13,26-28,36H,14-18H2,1H3,(H2,31,37)/t26-,27+,28-. The second-order valence-electron chi connectivity index (χ2n) is 10.4. The van der Waals surface area contributed by atoms with Crippen LogP contribution >= 0.6 is 0 Å². The van der Waals surface area contributed by atoms with Crippen molar-refractivity contribution in [3.05, 3.63) is 101 Å². The summed E-state index contributed by atoms with van der Waals surface area (Å²) in [6, 6.07) is 25.8. The second-order valence-corrected chi connectivity index (χ2v) is 10.4. The van der Waals surface area contributed by atoms with Crippen molar-refractivity contribution < 1.29 is 9.90 Å². The minimum atomic E-state index is -0.631. The van der Waals surface area contributed by atoms with Gasteiger partial charge in [-0.2, -0.15) is 0 Å². The molecule has 2 aliphatic rings. The summed E-state index contributed by atoms with van der Waals surface area (Å²) in [5.41, 5.74) is 12.4. The van der Waals surface area contributed by atoms with E-state index in [9.17, 15) is 9.90 Å². The van der Waals surface area contributed by atoms with Gasteiger partial charge in [-0.1, -0.05) is 60.7 Å². The number of fused-ring (bicyclic) bond motifs is 1. The number of aliphatic hydroxyl groups excluding tert-OH is 1. The highest BCUT2D eigenvalue weighted by molar-refractivity contribution is 5.88. The van der Waals surface area contributed by atoms with E-state index < -0.39 is 5.91 Å². The highest BCUT2D eigenvalue weighted by Crippen LogP contribution is 2.51. The zero-order valence-corrected chi connectivity index (χ0v) is 20.9. The van der Waals surface area contributed by atoms with Crippen LogP contribution in [0, 0.1) is 24.7 Å². The van der Waals surface area contributed by atoms with Crippen molar-refractivity contribution in [2.45, 2.75) is 19.9 Å². The molecule has 1 aliphatic carbocycles. The van der Waals surface area contributed by atoms with Gasteiger partial charge in [0.2, 0.25) is 5.82 Å². The summed E-state index contributed by atoms with van der Waals surface area (Å²) in [6.45, 7) is 5.39. The Hall–Kier alpha value is -3.81. The number of aryl methyl sites for hydroxylation is 1. The number of piperidine rings is 1. The molecule has 0 spiro atoms. The van der Waals surface area contributed by atoms with Gasteiger partial charge in [-0.3, -0.25) is 9.69 Å². The number of likely N-dealkylation sites (tertiary alicyclic amines) is 1. The maximum absolute atomic E-state index is 11.4. The fraction of sp³-hybridized carbons (Fsp3) is 0.300. The molecule has 1 saturated heterocycles. The lowest BCUT2D eigenvalue weighted by molar-refractivity contribution is 0.0990. The molecule has 1 amide bonds. The normalized spacial score (nSPS) is 20.6. The van der Waals surface area contributed by atoms with E-state index in [1.807, 2.05) is 12.1 Å². The number of rotatable bonds is 8. The molecule has 2 heterocycles. The summed E-state index contributed by atoms with van der Waals surface area (Å²) in [5, 5.41) is 13.5. The predicted octanol–water partition coefficient (Wildman–Crippen LogP) is 3.60. The summed E-state index contributed by atoms with van der Waals surface area (Å²) in [4.78, 5) is 18.0. The number of aliphatic hydroxyl groups is 1. The summed E-state index contributed by atoms with van der Waals surface area (Å²) in [5.74, 6) is 2.01. The Labute approximate surface area is 216 Å². The Kier molecular flexibility index (Phi) is 6.10. The first kappa shape index (κ1) is 23.6. The first-order valence-electron chi connectivity index (χ1n) is 12.8. The third-order valence-electron chi connectivity index (χ3n) is 7.88. The molecule has 3 atom stereocenters. The summed E-state index contributed by atoms with van der Waals surface area (Å²) in [7, 11) is 0. The number of hydrogen-bond acceptors (Lipinski definition) is 5. The first-order valence-corrected chi connectivity index (χ1v) is 12.8. The topological polar surface area (TPSA) is 97.3 Å². The number of carbonyl (C=O) groups is 1. The first-order chi connectivity index (χ1) is 18.0. The van der Waals surface area contributed by atoms with Crippen molar-refractivity contribution in [1.29, 1.82) is 0 Å². The van der Waals surface area contributed by atoms with Crippen LogP contribution in [-0.2, 0) is 13.0 Å². The number of nitrogens with zero attached hydrogens (tertiary/aromatic N) is 4. The molecular weight excluding hydrogens is 462 g/mol. The fourth-order valence-corrected chi connectivity index (χ4v) is 5.74. The average Bonchev–Trinajstić information content (AvgIpc) is 3.19. The molecular formula is C30H31N5O2. The van der Waals surface area contributed by atoms with Gasteiger partial charge in [-0.15, -0.1) is 5.10 Å². The van der Waals surface area contributed by atoms with E-state index in [0.29, 0.717) is 18.3 Å². The SMILES string of the molecule is Cc1nc(C(N)=O)nn1-c1ccc(Cc2ccc(-c3ccc(CN4C[C@@H]5[C@H](CO)[C@@H]5C4)cc3)cc2)cc1. The molecule has 1 aliphatic heterocycles. The van der Waals surface area contributed by atoms with Crippen LogP contribution in [0.15, 0.2) is 72.8 Å². The predicted molar refractivity (Wildman–Crippen MR) is 142 cm³/mol. The van der Waals surface area contributed by atoms with E-state index in [1.165, 1.54) is 27.8 Å². The van der Waals surface area contributed by atoms with Crippen LogP contribution in [0.25, 0.3) is 16.8 Å². The van der Waals surface area contributed by atoms with Crippen LogP contribution in [0.1, 0.15) is 33.1 Å². The van der Waals surface area contributed by atoms with E-state index in [-0.39, 0.29) is 5.82 Å². The number of aromatic nitrogens is 3. The van der Waals surface area contributed by atoms with Crippen molar-refractivity contribution >= 4 is 5.91 Å². The number of nitrogens with two attached hydrogens (primary N) is 1. The third-order valence-corrected chi connectivity index (χ3v) is 7.88. The number of carbonyl (C=O) groups excluding carboxylic acids is 1. The Morgan fingerprint density at radius 2 is 1.43 bits per heavy atom. The van der Waals surface area contributed by atoms with Gasteiger partial charge in [0.15, 0.2) is 0 Å². The van der Waals surface area contributed by atoms with Gasteiger partial charge in [0.25, 0.3) is 5.91 Å². The molecule has 7 nitrogen and oxygen atoms in total. The molecule has 3 aromatic carbocycles. The number of primary amides is 1. The zero-order valence-electron chi connectivity index (χ0n) is 20.9. The second kappa shape index (κ2) is 9.57. The van der Waals surface area contributed by atoms with Gasteiger partial charge in [0, 0.05) is 26.2 Å². The van der Waals surface area contributed by atoms with Crippen LogP contribution < -0.4 is 5.73 Å². The van der Waals surface area contributed by atoms with Crippen molar-refractivity contribution in [1.82, 2.24) is 19.7 Å². The molecule has 1 saturated carbocycles. The summed E-state index contributed by atoms with van der Waals surface area (Å²) in [6.07, 6.45) is 0.831. The highest BCUT2D eigenvalue weighted by atomic mass is 16.3. The van der Waals surface area contributed by atoms with Gasteiger partial charge in [0.1, 0.15) is 5.82 Å². The number of benzene rings is 3. The molecule has 0 bridgehead atoms. The Balaban J connectivity index is 1.06. The van der Waals surface area contributed by atoms with Gasteiger partial charge >= 0.3 is 0 Å². The molecule has 0 radical (unpaired) electrons. The smallest absolute Gasteiger partial charge is 0.288 e. The van der Waals surface area contributed by atoms with E-state index in [0.717, 1.165) is 43.6 Å². The molecule has 37 heavy (non-hydrogen) atoms. The molecule has 2 fully saturated rings. The zero-order chi connectivity index (χ0) is 25.5. The summed E-state index contributed by atoms with van der Waals surface area (Å²) < 4.78 is 1.63. The third kappa shape index (κ3) is 4.80. The minimum absolute atomic E-state index is 0.0242. The Bertz CT molecular complexity index is 1400. The van der Waals surface area contributed by atoms with Crippen molar-refractivity contribution in [3.63, 3.8) is 0 Å². The minimum Gasteiger partial charge on any atom is -0.396 e. The van der Waals surface area contributed by atoms with Crippen LogP contribution in [0.5, 0.6) is 0 Å². The van der Waals surface area contributed by atoms with E-state index in [4.69, 9.17) is 5.73 Å². The lowest BCUT2D eigenvalue weighted by Gasteiger charge is -2.19. The Morgan fingerprint density at radius 3 is 1.95 bits per heavy atom. The van der Waals surface area contributed by atoms with Crippen molar-refractivity contribution in [2.75, 3.05) is 19.7 Å². The van der Waals surface area contributed by atoms with E-state index >= 15 is 0 Å². The van der Waals surface area contributed by atoms with Crippen molar-refractivity contribution in [3.8, 4) is 16.8 Å². The summed E-state index contributed by atoms with van der Waals surface area (Å²) >= 11 is 0. The van der Waals surface area contributed by atoms with Gasteiger partial charge in [0.05, 0.1) is 5.69 Å². The number of amides is 1. The molecule has 1 aromatic heterocycles. The van der Waals surface area contributed by atoms with Crippen molar-refractivity contribution in [2.24, 2.45) is 23.5 Å². The maximum Gasteiger partial charge on any atom is 0.288 e. The highest BCUT2D eigenvalue weighted by Gasteiger charge is 2.54. The molecule has 4 aromatic rings. The number of hydrogen-bond donors (Lipinski definition) is 2. The lowest BCUT2D eigenvalue weighted by Crippen LogP contribution is -2.24.